The molecule has 1 aliphatic rings. The highest BCUT2D eigenvalue weighted by Crippen LogP contribution is 2.31. The van der Waals surface area contributed by atoms with E-state index < -0.39 is 11.7 Å². The third kappa shape index (κ3) is 8.31. The van der Waals surface area contributed by atoms with Gasteiger partial charge in [0.1, 0.15) is 6.61 Å². The van der Waals surface area contributed by atoms with Gasteiger partial charge in [0.15, 0.2) is 0 Å². The highest BCUT2D eigenvalue weighted by Gasteiger charge is 2.36. The van der Waals surface area contributed by atoms with E-state index in [9.17, 15) is 14.7 Å². The number of aliphatic hydroxyl groups is 1. The Kier molecular flexibility index (Phi) is 9.12. The van der Waals surface area contributed by atoms with E-state index in [2.05, 4.69) is 34.7 Å². The number of nitrogens with zero attached hydrogens (tertiary/aromatic N) is 1. The summed E-state index contributed by atoms with van der Waals surface area (Å²) in [4.78, 5) is 27.7. The topological polar surface area (TPSA) is 103 Å². The molecular weight excluding hydrogens is 504 g/mol. The first-order valence-corrected chi connectivity index (χ1v) is 13.7. The Morgan fingerprint density at radius 2 is 1.57 bits per heavy atom. The molecular formula is C32H40N4O4. The molecule has 1 fully saturated rings. The van der Waals surface area contributed by atoms with Crippen LogP contribution < -0.4 is 16.0 Å². The van der Waals surface area contributed by atoms with Gasteiger partial charge in [0.25, 0.3) is 5.91 Å². The number of amides is 2. The second-order valence-electron chi connectivity index (χ2n) is 11.6. The number of piperidine rings is 1. The fourth-order valence-corrected chi connectivity index (χ4v) is 5.05. The number of β-amino-alcohol motifs (C(OH)–C–C–N with tert-alkyl or cyclic N) is 1. The average molecular weight is 545 g/mol. The molecule has 40 heavy (non-hydrogen) atoms. The van der Waals surface area contributed by atoms with Crippen molar-refractivity contribution in [2.75, 3.05) is 29.0 Å². The zero-order valence-electron chi connectivity index (χ0n) is 23.7. The monoisotopic (exact) mass is 544 g/mol. The van der Waals surface area contributed by atoms with Gasteiger partial charge in [-0.15, -0.1) is 0 Å². The van der Waals surface area contributed by atoms with Crippen molar-refractivity contribution in [1.29, 1.82) is 0 Å². The summed E-state index contributed by atoms with van der Waals surface area (Å²) >= 11 is 0. The van der Waals surface area contributed by atoms with Crippen molar-refractivity contribution in [3.8, 4) is 0 Å². The number of carbonyl (C=O) groups excluding carboxylic acids is 2. The Hall–Kier alpha value is -3.88. The summed E-state index contributed by atoms with van der Waals surface area (Å²) in [5.74, 6) is -0.278. The summed E-state index contributed by atoms with van der Waals surface area (Å²) in [5.41, 5.74) is 2.51. The number of nitrogens with one attached hydrogen (secondary N) is 3. The van der Waals surface area contributed by atoms with E-state index in [0.717, 1.165) is 30.6 Å². The highest BCUT2D eigenvalue weighted by atomic mass is 16.5. The number of benzene rings is 3. The van der Waals surface area contributed by atoms with Gasteiger partial charge in [-0.05, 0) is 82.5 Å². The first-order valence-electron chi connectivity index (χ1n) is 13.7. The fourth-order valence-electron chi connectivity index (χ4n) is 5.05. The minimum absolute atomic E-state index is 0.0366. The van der Waals surface area contributed by atoms with E-state index in [1.165, 1.54) is 0 Å². The Morgan fingerprint density at radius 1 is 0.950 bits per heavy atom. The molecule has 0 bridgehead atoms. The van der Waals surface area contributed by atoms with Crippen LogP contribution in [0.3, 0.4) is 0 Å². The molecule has 212 valence electrons. The zero-order chi connectivity index (χ0) is 28.8. The van der Waals surface area contributed by atoms with E-state index >= 15 is 0 Å². The molecule has 3 aromatic carbocycles. The molecule has 3 aromatic rings. The summed E-state index contributed by atoms with van der Waals surface area (Å²) in [6.07, 6.45) is 1.32. The van der Waals surface area contributed by atoms with Crippen LogP contribution in [0.25, 0.3) is 0 Å². The normalized spacial score (nSPS) is 17.1. The van der Waals surface area contributed by atoms with Crippen LogP contribution in [-0.2, 0) is 11.3 Å². The Bertz CT molecular complexity index is 1290. The quantitative estimate of drug-likeness (QED) is 0.259. The van der Waals surface area contributed by atoms with Gasteiger partial charge in [-0.3, -0.25) is 15.0 Å². The molecule has 1 saturated heterocycles. The van der Waals surface area contributed by atoms with Crippen LogP contribution in [-0.4, -0.2) is 52.3 Å². The van der Waals surface area contributed by atoms with Gasteiger partial charge in [-0.25, -0.2) is 4.79 Å². The second kappa shape index (κ2) is 12.5. The molecule has 1 unspecified atom stereocenters. The molecule has 1 heterocycles. The Morgan fingerprint density at radius 3 is 2.20 bits per heavy atom. The Labute approximate surface area is 236 Å². The zero-order valence-corrected chi connectivity index (χ0v) is 23.7. The minimum atomic E-state index is -0.726. The van der Waals surface area contributed by atoms with Crippen molar-refractivity contribution in [3.63, 3.8) is 0 Å². The smallest absolute Gasteiger partial charge is 0.412 e. The lowest BCUT2D eigenvalue weighted by Gasteiger charge is -2.47. The van der Waals surface area contributed by atoms with Crippen molar-refractivity contribution in [3.05, 3.63) is 90.0 Å². The maximum absolute atomic E-state index is 13.0. The predicted octanol–water partition coefficient (Wildman–Crippen LogP) is 6.11. The van der Waals surface area contributed by atoms with Crippen molar-refractivity contribution < 1.29 is 19.4 Å². The predicted molar refractivity (Wildman–Crippen MR) is 160 cm³/mol. The van der Waals surface area contributed by atoms with Crippen molar-refractivity contribution >= 4 is 29.1 Å². The summed E-state index contributed by atoms with van der Waals surface area (Å²) < 4.78 is 5.31. The molecule has 2 amide bonds. The molecule has 0 aliphatic carbocycles. The van der Waals surface area contributed by atoms with Crippen molar-refractivity contribution in [2.24, 2.45) is 0 Å². The number of anilines is 3. The molecule has 4 rings (SSSR count). The highest BCUT2D eigenvalue weighted by molar-refractivity contribution is 6.07. The minimum Gasteiger partial charge on any atom is -0.444 e. The standard InChI is InChI=1S/C32H40N4O4/c1-31(2)20-26(18-19-36(31)22-32(3,4)39)33-25-16-14-24(15-17-25)29(37)34-27-12-8-9-13-28(27)35-30(38)40-21-23-10-6-5-7-11-23/h5-17,26,33,39H,18-22H2,1-4H3,(H,34,37)(H,35,38). The number of ether oxygens (including phenoxy) is 1. The first kappa shape index (κ1) is 29.1. The summed E-state index contributed by atoms with van der Waals surface area (Å²) in [6, 6.07) is 24.1. The van der Waals surface area contributed by atoms with Gasteiger partial charge in [-0.1, -0.05) is 42.5 Å². The van der Waals surface area contributed by atoms with Crippen LogP contribution in [0.4, 0.5) is 21.9 Å². The largest absolute Gasteiger partial charge is 0.444 e. The first-order chi connectivity index (χ1) is 19.0. The van der Waals surface area contributed by atoms with Crippen LogP contribution in [0, 0.1) is 0 Å². The maximum Gasteiger partial charge on any atom is 0.412 e. The van der Waals surface area contributed by atoms with E-state index in [-0.39, 0.29) is 18.1 Å². The van der Waals surface area contributed by atoms with Crippen molar-refractivity contribution in [2.45, 2.75) is 64.3 Å². The lowest BCUT2D eigenvalue weighted by molar-refractivity contribution is -0.0192. The van der Waals surface area contributed by atoms with Gasteiger partial charge >= 0.3 is 6.09 Å². The molecule has 0 spiro atoms. The van der Waals surface area contributed by atoms with Crippen molar-refractivity contribution in [1.82, 2.24) is 4.90 Å². The number of para-hydroxylation sites is 2. The molecule has 8 heteroatoms. The lowest BCUT2D eigenvalue weighted by atomic mass is 9.85. The maximum atomic E-state index is 13.0. The van der Waals surface area contributed by atoms with Crippen LogP contribution in [0.2, 0.25) is 0 Å². The molecule has 1 atom stereocenters. The average Bonchev–Trinajstić information content (AvgIpc) is 2.90. The van der Waals surface area contributed by atoms with E-state index in [4.69, 9.17) is 4.74 Å². The summed E-state index contributed by atoms with van der Waals surface area (Å²) in [7, 11) is 0. The van der Waals surface area contributed by atoms with Crippen LogP contribution >= 0.6 is 0 Å². The molecule has 0 aromatic heterocycles. The van der Waals surface area contributed by atoms with Gasteiger partial charge in [0.2, 0.25) is 0 Å². The molecule has 0 saturated carbocycles. The van der Waals surface area contributed by atoms with E-state index in [1.54, 1.807) is 36.4 Å². The number of rotatable bonds is 9. The van der Waals surface area contributed by atoms with Gasteiger partial charge in [0, 0.05) is 35.9 Å². The molecule has 0 radical (unpaired) electrons. The van der Waals surface area contributed by atoms with E-state index in [1.807, 2.05) is 56.3 Å². The lowest BCUT2D eigenvalue weighted by Crippen LogP contribution is -2.56. The third-order valence-corrected chi connectivity index (χ3v) is 7.07. The third-order valence-electron chi connectivity index (χ3n) is 7.07. The van der Waals surface area contributed by atoms with E-state index in [0.29, 0.717) is 29.5 Å². The van der Waals surface area contributed by atoms with Gasteiger partial charge in [0.05, 0.1) is 17.0 Å². The molecule has 1 aliphatic heterocycles. The summed E-state index contributed by atoms with van der Waals surface area (Å²) in [5, 5.41) is 19.5. The number of likely N-dealkylation sites (tertiary alicyclic amines) is 1. The van der Waals surface area contributed by atoms with Gasteiger partial charge < -0.3 is 20.5 Å². The van der Waals surface area contributed by atoms with Crippen LogP contribution in [0.15, 0.2) is 78.9 Å². The Balaban J connectivity index is 1.31. The number of hydrogen-bond acceptors (Lipinski definition) is 6. The molecule has 8 nitrogen and oxygen atoms in total. The van der Waals surface area contributed by atoms with Crippen LogP contribution in [0.5, 0.6) is 0 Å². The summed E-state index contributed by atoms with van der Waals surface area (Å²) in [6.45, 7) is 9.83. The number of carbonyl (C=O) groups is 2. The fraction of sp³-hybridized carbons (Fsp3) is 0.375. The second-order valence-corrected chi connectivity index (χ2v) is 11.6. The molecule has 4 N–H and O–H groups in total. The van der Waals surface area contributed by atoms with Crippen LogP contribution in [0.1, 0.15) is 56.5 Å². The number of hydrogen-bond donors (Lipinski definition) is 4. The SMILES string of the molecule is CC(C)(O)CN1CCC(Nc2ccc(C(=O)Nc3ccccc3NC(=O)OCc3ccccc3)cc2)CC1(C)C. The van der Waals surface area contributed by atoms with Gasteiger partial charge in [-0.2, -0.15) is 0 Å².